The van der Waals surface area contributed by atoms with E-state index in [2.05, 4.69) is 15.9 Å². The summed E-state index contributed by atoms with van der Waals surface area (Å²) in [4.78, 5) is 10.9. The molecule has 0 aromatic heterocycles. The fraction of sp³-hybridized carbons (Fsp3) is 0.417. The largest absolute Gasteiger partial charge is 0.492 e. The molecule has 1 N–H and O–H groups in total. The van der Waals surface area contributed by atoms with Crippen LogP contribution in [0.2, 0.25) is 0 Å². The number of aryl methyl sites for hydroxylation is 1. The highest BCUT2D eigenvalue weighted by molar-refractivity contribution is 9.09. The number of hydrogen-bond acceptors (Lipinski definition) is 2. The first-order valence-corrected chi connectivity index (χ1v) is 6.70. The summed E-state index contributed by atoms with van der Waals surface area (Å²) in [6.07, 6.45) is -4.20. The lowest BCUT2D eigenvalue weighted by atomic mass is 10.1. The van der Waals surface area contributed by atoms with Crippen LogP contribution in [0.5, 0.6) is 5.75 Å². The molecular weight excluding hydrogens is 327 g/mol. The van der Waals surface area contributed by atoms with E-state index in [1.807, 2.05) is 0 Å². The Kier molecular flexibility index (Phi) is 5.65. The van der Waals surface area contributed by atoms with Crippen LogP contribution in [0.1, 0.15) is 12.5 Å². The molecule has 0 bridgehead atoms. The predicted octanol–water partition coefficient (Wildman–Crippen LogP) is 3.52. The number of carbonyl (C=O) groups is 1. The number of ether oxygens (including phenoxy) is 1. The summed E-state index contributed by atoms with van der Waals surface area (Å²) >= 11 is 3.28. The summed E-state index contributed by atoms with van der Waals surface area (Å²) in [5.74, 6) is -1.78. The molecule has 1 amide bonds. The Morgan fingerprint density at radius 3 is 2.63 bits per heavy atom. The van der Waals surface area contributed by atoms with Crippen LogP contribution < -0.4 is 10.1 Å². The number of nitrogens with one attached hydrogen (secondary N) is 1. The number of halogens is 4. The number of hydrogen-bond donors (Lipinski definition) is 1. The Balaban J connectivity index is 2.96. The average Bonchev–Trinajstić information content (AvgIpc) is 2.32. The third-order valence-electron chi connectivity index (χ3n) is 2.23. The lowest BCUT2D eigenvalue weighted by Gasteiger charge is -2.14. The zero-order valence-electron chi connectivity index (χ0n) is 10.2. The molecule has 1 rings (SSSR count). The van der Waals surface area contributed by atoms with Crippen molar-refractivity contribution in [1.29, 1.82) is 0 Å². The van der Waals surface area contributed by atoms with Crippen molar-refractivity contribution in [3.05, 3.63) is 23.8 Å². The van der Waals surface area contributed by atoms with Crippen molar-refractivity contribution in [1.82, 2.24) is 0 Å². The molecule has 0 unspecified atom stereocenters. The van der Waals surface area contributed by atoms with E-state index >= 15 is 0 Å². The fourth-order valence-electron chi connectivity index (χ4n) is 1.40. The highest BCUT2D eigenvalue weighted by Gasteiger charge is 2.39. The molecule has 0 radical (unpaired) electrons. The van der Waals surface area contributed by atoms with Gasteiger partial charge in [-0.2, -0.15) is 13.2 Å². The van der Waals surface area contributed by atoms with Crippen molar-refractivity contribution in [2.75, 3.05) is 17.3 Å². The molecular formula is C12H13BrF3NO2. The minimum absolute atomic E-state index is 0.0162. The summed E-state index contributed by atoms with van der Waals surface area (Å²) in [6, 6.07) is 4.68. The van der Waals surface area contributed by atoms with Crippen LogP contribution in [-0.4, -0.2) is 24.0 Å². The molecule has 0 aliphatic rings. The Morgan fingerprint density at radius 1 is 1.42 bits per heavy atom. The number of benzene rings is 1. The van der Waals surface area contributed by atoms with Crippen molar-refractivity contribution in [3.63, 3.8) is 0 Å². The molecule has 106 valence electrons. The van der Waals surface area contributed by atoms with Gasteiger partial charge in [-0.25, -0.2) is 0 Å². The van der Waals surface area contributed by atoms with Gasteiger partial charge in [0.2, 0.25) is 0 Å². The van der Waals surface area contributed by atoms with Crippen molar-refractivity contribution < 1.29 is 22.7 Å². The molecule has 0 saturated carbocycles. The molecule has 0 atom stereocenters. The fourth-order valence-corrected chi connectivity index (χ4v) is 1.86. The maximum Gasteiger partial charge on any atom is 0.471 e. The molecule has 0 saturated heterocycles. The van der Waals surface area contributed by atoms with Crippen LogP contribution in [0, 0.1) is 0 Å². The second-order valence-electron chi connectivity index (χ2n) is 3.65. The van der Waals surface area contributed by atoms with Crippen LogP contribution in [0.15, 0.2) is 18.2 Å². The summed E-state index contributed by atoms with van der Waals surface area (Å²) in [6.45, 7) is 2.01. The first-order chi connectivity index (χ1) is 8.88. The Labute approximate surface area is 117 Å². The van der Waals surface area contributed by atoms with Crippen LogP contribution in [0.25, 0.3) is 0 Å². The Morgan fingerprint density at radius 2 is 2.11 bits per heavy atom. The van der Waals surface area contributed by atoms with Gasteiger partial charge in [0, 0.05) is 5.33 Å². The normalized spacial score (nSPS) is 11.2. The van der Waals surface area contributed by atoms with Gasteiger partial charge < -0.3 is 10.1 Å². The maximum atomic E-state index is 12.2. The molecule has 19 heavy (non-hydrogen) atoms. The van der Waals surface area contributed by atoms with Gasteiger partial charge >= 0.3 is 12.1 Å². The van der Waals surface area contributed by atoms with Crippen LogP contribution in [0.4, 0.5) is 18.9 Å². The summed E-state index contributed by atoms with van der Waals surface area (Å²) in [7, 11) is 0. The summed E-state index contributed by atoms with van der Waals surface area (Å²) in [5.41, 5.74) is 0.924. The number of carbonyl (C=O) groups excluding carboxylic acids is 1. The molecule has 1 aromatic rings. The van der Waals surface area contributed by atoms with Crippen molar-refractivity contribution >= 4 is 27.5 Å². The van der Waals surface area contributed by atoms with E-state index < -0.39 is 12.1 Å². The number of anilines is 1. The smallest absolute Gasteiger partial charge is 0.471 e. The van der Waals surface area contributed by atoms with Gasteiger partial charge in [0.05, 0.1) is 12.3 Å². The zero-order chi connectivity index (χ0) is 14.5. The van der Waals surface area contributed by atoms with E-state index in [0.29, 0.717) is 13.0 Å². The first kappa shape index (κ1) is 15.8. The van der Waals surface area contributed by atoms with Crippen LogP contribution in [-0.2, 0) is 11.2 Å². The quantitative estimate of drug-likeness (QED) is 0.833. The van der Waals surface area contributed by atoms with Gasteiger partial charge in [0.15, 0.2) is 0 Å². The van der Waals surface area contributed by atoms with Gasteiger partial charge in [-0.05, 0) is 31.0 Å². The monoisotopic (exact) mass is 339 g/mol. The second kappa shape index (κ2) is 6.79. The second-order valence-corrected chi connectivity index (χ2v) is 4.45. The number of alkyl halides is 4. The van der Waals surface area contributed by atoms with E-state index in [4.69, 9.17) is 4.74 Å². The first-order valence-electron chi connectivity index (χ1n) is 5.58. The minimum Gasteiger partial charge on any atom is -0.492 e. The van der Waals surface area contributed by atoms with Crippen molar-refractivity contribution in [3.8, 4) is 5.75 Å². The van der Waals surface area contributed by atoms with E-state index in [-0.39, 0.29) is 11.4 Å². The van der Waals surface area contributed by atoms with Gasteiger partial charge in [-0.1, -0.05) is 22.0 Å². The van der Waals surface area contributed by atoms with E-state index in [1.165, 1.54) is 6.07 Å². The lowest BCUT2D eigenvalue weighted by molar-refractivity contribution is -0.167. The van der Waals surface area contributed by atoms with Gasteiger partial charge in [0.1, 0.15) is 5.75 Å². The van der Waals surface area contributed by atoms with Gasteiger partial charge in [0.25, 0.3) is 0 Å². The van der Waals surface area contributed by atoms with Gasteiger partial charge in [-0.3, -0.25) is 4.79 Å². The van der Waals surface area contributed by atoms with Crippen molar-refractivity contribution in [2.24, 2.45) is 0 Å². The third kappa shape index (κ3) is 4.74. The van der Waals surface area contributed by atoms with Crippen LogP contribution in [0.3, 0.4) is 0 Å². The molecule has 0 spiro atoms. The molecule has 0 aliphatic carbocycles. The molecule has 3 nitrogen and oxygen atoms in total. The Hall–Kier alpha value is -1.24. The van der Waals surface area contributed by atoms with E-state index in [9.17, 15) is 18.0 Å². The van der Waals surface area contributed by atoms with E-state index in [1.54, 1.807) is 24.4 Å². The number of rotatable bonds is 5. The van der Waals surface area contributed by atoms with Crippen molar-refractivity contribution in [2.45, 2.75) is 19.5 Å². The Bertz CT molecular complexity index is 449. The molecule has 0 fully saturated rings. The minimum atomic E-state index is -4.92. The SMILES string of the molecule is CCOc1cc(CCBr)ccc1NC(=O)C(F)(F)F. The maximum absolute atomic E-state index is 12.2. The standard InChI is InChI=1S/C12H13BrF3NO2/c1-2-19-10-7-8(5-6-13)3-4-9(10)17-11(18)12(14,15)16/h3-4,7H,2,5-6H2,1H3,(H,17,18). The zero-order valence-corrected chi connectivity index (χ0v) is 11.8. The third-order valence-corrected chi connectivity index (χ3v) is 2.63. The molecule has 0 aliphatic heterocycles. The summed E-state index contributed by atoms with van der Waals surface area (Å²) in [5, 5.41) is 2.53. The molecule has 1 aromatic carbocycles. The highest BCUT2D eigenvalue weighted by atomic mass is 79.9. The predicted molar refractivity (Wildman–Crippen MR) is 69.8 cm³/mol. The highest BCUT2D eigenvalue weighted by Crippen LogP contribution is 2.28. The van der Waals surface area contributed by atoms with E-state index in [0.717, 1.165) is 10.9 Å². The number of amides is 1. The topological polar surface area (TPSA) is 38.3 Å². The summed E-state index contributed by atoms with van der Waals surface area (Å²) < 4.78 is 41.8. The average molecular weight is 340 g/mol. The lowest BCUT2D eigenvalue weighted by Crippen LogP contribution is -2.30. The molecule has 0 heterocycles. The molecule has 7 heteroatoms. The van der Waals surface area contributed by atoms with Crippen LogP contribution >= 0.6 is 15.9 Å². The van der Waals surface area contributed by atoms with Gasteiger partial charge in [-0.15, -0.1) is 0 Å².